The number of carbonyl (C=O) groups excluding carboxylic acids is 2. The first-order valence-electron chi connectivity index (χ1n) is 9.69. The van der Waals surface area contributed by atoms with Crippen LogP contribution in [0.3, 0.4) is 0 Å². The Morgan fingerprint density at radius 1 is 1.07 bits per heavy atom. The molecule has 0 aromatic heterocycles. The van der Waals surface area contributed by atoms with Crippen LogP contribution in [0.25, 0.3) is 5.76 Å². The van der Waals surface area contributed by atoms with E-state index in [0.717, 1.165) is 12.8 Å². The third kappa shape index (κ3) is 3.87. The van der Waals surface area contributed by atoms with Crippen LogP contribution in [0.2, 0.25) is 5.02 Å². The SMILES string of the molecule is CCCCN1C(=O)C(=O)/C(=C(/O)c2c(OC)cccc2OC)C1c1ccc(Cl)cc1. The van der Waals surface area contributed by atoms with Gasteiger partial charge in [0.05, 0.1) is 25.8 Å². The topological polar surface area (TPSA) is 76.1 Å². The number of carbonyl (C=O) groups is 2. The number of unbranched alkanes of at least 4 members (excludes halogenated alkanes) is 1. The van der Waals surface area contributed by atoms with Crippen LogP contribution >= 0.6 is 11.6 Å². The van der Waals surface area contributed by atoms with Crippen molar-refractivity contribution in [1.29, 1.82) is 0 Å². The smallest absolute Gasteiger partial charge is 0.295 e. The average molecular weight is 430 g/mol. The molecule has 1 amide bonds. The molecule has 1 atom stereocenters. The summed E-state index contributed by atoms with van der Waals surface area (Å²) < 4.78 is 10.8. The minimum atomic E-state index is -0.739. The van der Waals surface area contributed by atoms with Crippen molar-refractivity contribution in [3.63, 3.8) is 0 Å². The summed E-state index contributed by atoms with van der Waals surface area (Å²) in [7, 11) is 2.92. The Morgan fingerprint density at radius 2 is 1.67 bits per heavy atom. The third-order valence-corrected chi connectivity index (χ3v) is 5.39. The molecule has 6 nitrogen and oxygen atoms in total. The Kier molecular flexibility index (Phi) is 6.67. The first-order chi connectivity index (χ1) is 14.4. The Bertz CT molecular complexity index is 961. The molecule has 1 saturated heterocycles. The fraction of sp³-hybridized carbons (Fsp3) is 0.304. The van der Waals surface area contributed by atoms with Gasteiger partial charge in [-0.15, -0.1) is 0 Å². The minimum Gasteiger partial charge on any atom is -0.506 e. The van der Waals surface area contributed by atoms with Gasteiger partial charge in [0, 0.05) is 11.6 Å². The lowest BCUT2D eigenvalue weighted by atomic mass is 9.94. The molecule has 3 rings (SSSR count). The van der Waals surface area contributed by atoms with Gasteiger partial charge in [0.15, 0.2) is 0 Å². The van der Waals surface area contributed by atoms with Crippen LogP contribution in [0.4, 0.5) is 0 Å². The molecule has 1 unspecified atom stereocenters. The predicted molar refractivity (Wildman–Crippen MR) is 115 cm³/mol. The molecule has 0 bridgehead atoms. The second-order valence-electron chi connectivity index (χ2n) is 6.94. The van der Waals surface area contributed by atoms with Gasteiger partial charge in [-0.2, -0.15) is 0 Å². The minimum absolute atomic E-state index is 0.00113. The van der Waals surface area contributed by atoms with Crippen molar-refractivity contribution in [3.05, 3.63) is 64.2 Å². The number of hydrogen-bond acceptors (Lipinski definition) is 5. The van der Waals surface area contributed by atoms with Gasteiger partial charge in [0.2, 0.25) is 0 Å². The summed E-state index contributed by atoms with van der Waals surface area (Å²) in [5, 5.41) is 11.8. The molecule has 2 aromatic rings. The number of Topliss-reactive ketones (excluding diaryl/α,β-unsaturated/α-hetero) is 1. The highest BCUT2D eigenvalue weighted by Gasteiger charge is 2.46. The lowest BCUT2D eigenvalue weighted by Gasteiger charge is -2.25. The van der Waals surface area contributed by atoms with Gasteiger partial charge in [-0.1, -0.05) is 43.1 Å². The first-order valence-corrected chi connectivity index (χ1v) is 10.1. The van der Waals surface area contributed by atoms with E-state index in [2.05, 4.69) is 0 Å². The molecule has 7 heteroatoms. The Hall–Kier alpha value is -2.99. The first kappa shape index (κ1) is 21.7. The highest BCUT2D eigenvalue weighted by atomic mass is 35.5. The monoisotopic (exact) mass is 429 g/mol. The van der Waals surface area contributed by atoms with Crippen LogP contribution in [0.15, 0.2) is 48.0 Å². The second kappa shape index (κ2) is 9.22. The molecule has 1 fully saturated rings. The summed E-state index contributed by atoms with van der Waals surface area (Å²) in [6, 6.07) is 11.2. The number of likely N-dealkylation sites (tertiary alicyclic amines) is 1. The number of aliphatic hydroxyl groups excluding tert-OH is 1. The van der Waals surface area contributed by atoms with E-state index in [9.17, 15) is 14.7 Å². The summed E-state index contributed by atoms with van der Waals surface area (Å²) in [4.78, 5) is 27.4. The Balaban J connectivity index is 2.25. The number of ether oxygens (including phenoxy) is 2. The quantitative estimate of drug-likeness (QED) is 0.396. The van der Waals surface area contributed by atoms with E-state index in [-0.39, 0.29) is 16.9 Å². The van der Waals surface area contributed by atoms with Crippen molar-refractivity contribution < 1.29 is 24.2 Å². The maximum absolute atomic E-state index is 13.0. The molecule has 0 radical (unpaired) electrons. The zero-order chi connectivity index (χ0) is 21.8. The summed E-state index contributed by atoms with van der Waals surface area (Å²) in [6.07, 6.45) is 1.59. The van der Waals surface area contributed by atoms with Gasteiger partial charge in [0.25, 0.3) is 11.7 Å². The Labute approximate surface area is 180 Å². The molecular weight excluding hydrogens is 406 g/mol. The number of aliphatic hydroxyl groups is 1. The van der Waals surface area contributed by atoms with E-state index in [1.807, 2.05) is 6.92 Å². The van der Waals surface area contributed by atoms with Gasteiger partial charge in [-0.25, -0.2) is 0 Å². The molecule has 1 aliphatic heterocycles. The van der Waals surface area contributed by atoms with E-state index in [4.69, 9.17) is 21.1 Å². The lowest BCUT2D eigenvalue weighted by Crippen LogP contribution is -2.30. The molecular formula is C23H24ClNO5. The van der Waals surface area contributed by atoms with Crippen LogP contribution in [0, 0.1) is 0 Å². The number of nitrogens with zero attached hydrogens (tertiary/aromatic N) is 1. The Morgan fingerprint density at radius 3 is 2.20 bits per heavy atom. The molecule has 0 spiro atoms. The maximum Gasteiger partial charge on any atom is 0.295 e. The van der Waals surface area contributed by atoms with Gasteiger partial charge < -0.3 is 19.5 Å². The third-order valence-electron chi connectivity index (χ3n) is 5.14. The molecule has 30 heavy (non-hydrogen) atoms. The lowest BCUT2D eigenvalue weighted by molar-refractivity contribution is -0.139. The number of ketones is 1. The van der Waals surface area contributed by atoms with Gasteiger partial charge in [-0.05, 0) is 36.2 Å². The van der Waals surface area contributed by atoms with Crippen LogP contribution in [-0.2, 0) is 9.59 Å². The number of hydrogen-bond donors (Lipinski definition) is 1. The summed E-state index contributed by atoms with van der Waals surface area (Å²) in [5.41, 5.74) is 0.918. The number of benzene rings is 2. The van der Waals surface area contributed by atoms with E-state index in [1.165, 1.54) is 19.1 Å². The average Bonchev–Trinajstić information content (AvgIpc) is 3.01. The summed E-state index contributed by atoms with van der Waals surface area (Å²) >= 11 is 6.03. The molecule has 158 valence electrons. The van der Waals surface area contributed by atoms with E-state index >= 15 is 0 Å². The highest BCUT2D eigenvalue weighted by molar-refractivity contribution is 6.46. The molecule has 1 aliphatic rings. The normalized spacial score (nSPS) is 18.0. The fourth-order valence-corrected chi connectivity index (χ4v) is 3.78. The molecule has 1 heterocycles. The van der Waals surface area contributed by atoms with Crippen molar-refractivity contribution >= 4 is 29.1 Å². The fourth-order valence-electron chi connectivity index (χ4n) is 3.65. The summed E-state index contributed by atoms with van der Waals surface area (Å²) in [5.74, 6) is -1.04. The number of halogens is 1. The van der Waals surface area contributed by atoms with Crippen LogP contribution in [0.5, 0.6) is 11.5 Å². The van der Waals surface area contributed by atoms with E-state index in [1.54, 1.807) is 42.5 Å². The largest absolute Gasteiger partial charge is 0.506 e. The van der Waals surface area contributed by atoms with Gasteiger partial charge in [0.1, 0.15) is 22.8 Å². The molecule has 1 N–H and O–H groups in total. The molecule has 2 aromatic carbocycles. The standard InChI is InChI=1S/C23H24ClNO5/c1-4-5-13-25-20(14-9-11-15(24)12-10-14)19(22(27)23(25)28)21(26)18-16(29-2)7-6-8-17(18)30-3/h6-12,20,26H,4-5,13H2,1-3H3/b21-19+. The zero-order valence-corrected chi connectivity index (χ0v) is 17.9. The van der Waals surface area contributed by atoms with Crippen molar-refractivity contribution in [2.24, 2.45) is 0 Å². The number of amides is 1. The van der Waals surface area contributed by atoms with Crippen molar-refractivity contribution in [1.82, 2.24) is 4.90 Å². The van der Waals surface area contributed by atoms with E-state index < -0.39 is 17.7 Å². The zero-order valence-electron chi connectivity index (χ0n) is 17.1. The van der Waals surface area contributed by atoms with Gasteiger partial charge in [-0.3, -0.25) is 9.59 Å². The maximum atomic E-state index is 13.0. The highest BCUT2D eigenvalue weighted by Crippen LogP contribution is 2.43. The van der Waals surface area contributed by atoms with Crippen LogP contribution in [0.1, 0.15) is 36.9 Å². The summed E-state index contributed by atoms with van der Waals surface area (Å²) in [6.45, 7) is 2.40. The van der Waals surface area contributed by atoms with Crippen molar-refractivity contribution in [3.8, 4) is 11.5 Å². The van der Waals surface area contributed by atoms with Crippen molar-refractivity contribution in [2.75, 3.05) is 20.8 Å². The number of rotatable bonds is 7. The molecule has 0 aliphatic carbocycles. The predicted octanol–water partition coefficient (Wildman–Crippen LogP) is 4.58. The van der Waals surface area contributed by atoms with Crippen LogP contribution in [-0.4, -0.2) is 42.5 Å². The van der Waals surface area contributed by atoms with E-state index in [0.29, 0.717) is 28.6 Å². The van der Waals surface area contributed by atoms with Crippen LogP contribution < -0.4 is 9.47 Å². The molecule has 0 saturated carbocycles. The van der Waals surface area contributed by atoms with Crippen molar-refractivity contribution in [2.45, 2.75) is 25.8 Å². The van der Waals surface area contributed by atoms with Gasteiger partial charge >= 0.3 is 0 Å². The number of methoxy groups -OCH3 is 2. The second-order valence-corrected chi connectivity index (χ2v) is 7.37.